The Balaban J connectivity index is 1.29. The number of benzene rings is 4. The maximum atomic E-state index is 12.5. The van der Waals surface area contributed by atoms with Crippen LogP contribution in [-0.2, 0) is 11.4 Å². The number of amides is 1. The van der Waals surface area contributed by atoms with E-state index in [0.717, 1.165) is 33.3 Å². The van der Waals surface area contributed by atoms with E-state index in [-0.39, 0.29) is 5.91 Å². The summed E-state index contributed by atoms with van der Waals surface area (Å²) >= 11 is 7.51. The van der Waals surface area contributed by atoms with Crippen LogP contribution in [0, 0.1) is 0 Å². The Labute approximate surface area is 201 Å². The lowest BCUT2D eigenvalue weighted by molar-refractivity contribution is -0.115. The molecular formula is C27H19ClN2O2S. The molecule has 1 amide bonds. The predicted molar refractivity (Wildman–Crippen MR) is 137 cm³/mol. The van der Waals surface area contributed by atoms with E-state index in [1.807, 2.05) is 97.1 Å². The van der Waals surface area contributed by atoms with Gasteiger partial charge >= 0.3 is 0 Å². The first kappa shape index (κ1) is 21.3. The van der Waals surface area contributed by atoms with Gasteiger partial charge in [0.2, 0.25) is 0 Å². The summed E-state index contributed by atoms with van der Waals surface area (Å²) in [5.41, 5.74) is 2.67. The molecule has 33 heavy (non-hydrogen) atoms. The first-order valence-corrected chi connectivity index (χ1v) is 11.6. The average molecular weight is 471 g/mol. The second kappa shape index (κ2) is 9.53. The van der Waals surface area contributed by atoms with Crippen molar-refractivity contribution in [3.63, 3.8) is 0 Å². The third kappa shape index (κ3) is 4.95. The normalized spacial score (nSPS) is 15.8. The predicted octanol–water partition coefficient (Wildman–Crippen LogP) is 6.96. The molecule has 1 aliphatic rings. The first-order chi connectivity index (χ1) is 16.2. The molecule has 0 aliphatic carbocycles. The summed E-state index contributed by atoms with van der Waals surface area (Å²) in [6.07, 6.45) is 1.85. The van der Waals surface area contributed by atoms with Gasteiger partial charge in [0.25, 0.3) is 5.91 Å². The molecular weight excluding hydrogens is 452 g/mol. The molecule has 5 rings (SSSR count). The van der Waals surface area contributed by atoms with Crippen molar-refractivity contribution in [3.8, 4) is 5.75 Å². The van der Waals surface area contributed by atoms with Crippen molar-refractivity contribution in [2.45, 2.75) is 6.61 Å². The Kier molecular flexibility index (Phi) is 6.15. The van der Waals surface area contributed by atoms with E-state index in [2.05, 4.69) is 10.3 Å². The molecule has 1 heterocycles. The molecule has 0 radical (unpaired) electrons. The fraction of sp³-hybridized carbons (Fsp3) is 0.0370. The number of rotatable bonds is 5. The van der Waals surface area contributed by atoms with E-state index in [1.165, 1.54) is 11.8 Å². The number of thioether (sulfide) groups is 1. The molecule has 0 spiro atoms. The van der Waals surface area contributed by atoms with Crippen molar-refractivity contribution in [2.75, 3.05) is 0 Å². The summed E-state index contributed by atoms with van der Waals surface area (Å²) in [7, 11) is 0. The third-order valence-corrected chi connectivity index (χ3v) is 6.45. The van der Waals surface area contributed by atoms with E-state index in [1.54, 1.807) is 0 Å². The van der Waals surface area contributed by atoms with Gasteiger partial charge in [0.15, 0.2) is 5.17 Å². The molecule has 4 nitrogen and oxygen atoms in total. The van der Waals surface area contributed by atoms with Crippen LogP contribution in [0.4, 0.5) is 5.69 Å². The highest BCUT2D eigenvalue weighted by molar-refractivity contribution is 8.18. The first-order valence-electron chi connectivity index (χ1n) is 10.4. The van der Waals surface area contributed by atoms with Crippen LogP contribution in [-0.4, -0.2) is 11.1 Å². The Bertz CT molecular complexity index is 1390. The van der Waals surface area contributed by atoms with Gasteiger partial charge in [-0.15, -0.1) is 0 Å². The molecule has 1 fully saturated rings. The number of amidine groups is 1. The van der Waals surface area contributed by atoms with Crippen LogP contribution in [0.1, 0.15) is 11.1 Å². The Morgan fingerprint density at radius 2 is 1.67 bits per heavy atom. The highest BCUT2D eigenvalue weighted by Crippen LogP contribution is 2.31. The third-order valence-electron chi connectivity index (χ3n) is 5.17. The number of nitrogens with zero attached hydrogens (tertiary/aromatic N) is 1. The van der Waals surface area contributed by atoms with Gasteiger partial charge in [0.05, 0.1) is 10.6 Å². The Hall–Kier alpha value is -3.54. The van der Waals surface area contributed by atoms with Gasteiger partial charge in [0, 0.05) is 16.0 Å². The fourth-order valence-corrected chi connectivity index (χ4v) is 4.51. The molecule has 4 aromatic carbocycles. The SMILES string of the molecule is O=C1NC(=Nc2cccc3ccccc23)S/C1=C\c1ccc(OCc2ccccc2Cl)cc1. The van der Waals surface area contributed by atoms with E-state index >= 15 is 0 Å². The summed E-state index contributed by atoms with van der Waals surface area (Å²) in [6.45, 7) is 0.395. The number of aliphatic imine (C=N–C) groups is 1. The number of nitrogens with one attached hydrogen (secondary N) is 1. The van der Waals surface area contributed by atoms with Crippen molar-refractivity contribution in [3.05, 3.63) is 112 Å². The highest BCUT2D eigenvalue weighted by Gasteiger charge is 2.24. The van der Waals surface area contributed by atoms with E-state index in [9.17, 15) is 4.79 Å². The van der Waals surface area contributed by atoms with Gasteiger partial charge in [-0.3, -0.25) is 4.79 Å². The number of halogens is 1. The summed E-state index contributed by atoms with van der Waals surface area (Å²) in [5, 5.41) is 6.28. The van der Waals surface area contributed by atoms with Crippen LogP contribution in [0.25, 0.3) is 16.8 Å². The van der Waals surface area contributed by atoms with Crippen molar-refractivity contribution in [1.82, 2.24) is 5.32 Å². The number of hydrogen-bond donors (Lipinski definition) is 1. The summed E-state index contributed by atoms with van der Waals surface area (Å²) in [6, 6.07) is 29.2. The molecule has 0 saturated carbocycles. The molecule has 0 aromatic heterocycles. The Morgan fingerprint density at radius 1 is 0.909 bits per heavy atom. The lowest BCUT2D eigenvalue weighted by atomic mass is 10.1. The molecule has 4 aromatic rings. The fourth-order valence-electron chi connectivity index (χ4n) is 3.48. The zero-order chi connectivity index (χ0) is 22.6. The minimum absolute atomic E-state index is 0.155. The number of carbonyl (C=O) groups is 1. The smallest absolute Gasteiger partial charge is 0.264 e. The summed E-state index contributed by atoms with van der Waals surface area (Å²) in [4.78, 5) is 17.8. The minimum atomic E-state index is -0.155. The topological polar surface area (TPSA) is 50.7 Å². The molecule has 162 valence electrons. The van der Waals surface area contributed by atoms with Crippen molar-refractivity contribution in [1.29, 1.82) is 0 Å². The molecule has 1 aliphatic heterocycles. The maximum absolute atomic E-state index is 12.5. The van der Waals surface area contributed by atoms with Crippen molar-refractivity contribution in [2.24, 2.45) is 4.99 Å². The average Bonchev–Trinajstić information content (AvgIpc) is 3.18. The van der Waals surface area contributed by atoms with Crippen LogP contribution in [0.2, 0.25) is 5.02 Å². The van der Waals surface area contributed by atoms with Crippen LogP contribution in [0.15, 0.2) is 101 Å². The van der Waals surface area contributed by atoms with Crippen LogP contribution in [0.3, 0.4) is 0 Å². The molecule has 0 bridgehead atoms. The number of ether oxygens (including phenoxy) is 1. The van der Waals surface area contributed by atoms with Crippen molar-refractivity contribution < 1.29 is 9.53 Å². The van der Waals surface area contributed by atoms with Crippen LogP contribution >= 0.6 is 23.4 Å². The molecule has 1 N–H and O–H groups in total. The number of fused-ring (bicyclic) bond motifs is 1. The van der Waals surface area contributed by atoms with Gasteiger partial charge < -0.3 is 10.1 Å². The Morgan fingerprint density at radius 3 is 2.52 bits per heavy atom. The lowest BCUT2D eigenvalue weighted by Gasteiger charge is -2.08. The quantitative estimate of drug-likeness (QED) is 0.320. The van der Waals surface area contributed by atoms with Gasteiger partial charge in [-0.2, -0.15) is 0 Å². The van der Waals surface area contributed by atoms with E-state index < -0.39 is 0 Å². The summed E-state index contributed by atoms with van der Waals surface area (Å²) < 4.78 is 5.83. The van der Waals surface area contributed by atoms with E-state index in [0.29, 0.717) is 21.7 Å². The molecule has 1 saturated heterocycles. The monoisotopic (exact) mass is 470 g/mol. The van der Waals surface area contributed by atoms with Crippen molar-refractivity contribution >= 4 is 57.0 Å². The zero-order valence-corrected chi connectivity index (χ0v) is 19.1. The summed E-state index contributed by atoms with van der Waals surface area (Å²) in [5.74, 6) is 0.580. The lowest BCUT2D eigenvalue weighted by Crippen LogP contribution is -2.19. The standard InChI is InChI=1S/C27H19ClN2O2S/c28-23-10-4-2-7-20(23)17-32-21-14-12-18(13-15-21)16-25-26(31)30-27(33-25)29-24-11-5-8-19-6-1-3-9-22(19)24/h1-16H,17H2,(H,29,30,31)/b25-16-. The van der Waals surface area contributed by atoms with Gasteiger partial charge in [-0.25, -0.2) is 4.99 Å². The highest BCUT2D eigenvalue weighted by atomic mass is 35.5. The minimum Gasteiger partial charge on any atom is -0.489 e. The van der Waals surface area contributed by atoms with Crippen LogP contribution in [0.5, 0.6) is 5.75 Å². The van der Waals surface area contributed by atoms with Gasteiger partial charge in [-0.05, 0) is 53.1 Å². The second-order valence-electron chi connectivity index (χ2n) is 7.43. The largest absolute Gasteiger partial charge is 0.489 e. The second-order valence-corrected chi connectivity index (χ2v) is 8.87. The number of carbonyl (C=O) groups excluding carboxylic acids is 1. The van der Waals surface area contributed by atoms with Gasteiger partial charge in [-0.1, -0.05) is 78.3 Å². The number of hydrogen-bond acceptors (Lipinski definition) is 4. The van der Waals surface area contributed by atoms with Crippen LogP contribution < -0.4 is 10.1 Å². The van der Waals surface area contributed by atoms with Gasteiger partial charge in [0.1, 0.15) is 12.4 Å². The molecule has 0 atom stereocenters. The molecule has 0 unspecified atom stereocenters. The van der Waals surface area contributed by atoms with E-state index in [4.69, 9.17) is 16.3 Å². The maximum Gasteiger partial charge on any atom is 0.264 e. The molecule has 6 heteroatoms. The zero-order valence-electron chi connectivity index (χ0n) is 17.5.